The van der Waals surface area contributed by atoms with E-state index in [1.807, 2.05) is 6.07 Å². The summed E-state index contributed by atoms with van der Waals surface area (Å²) in [5.41, 5.74) is -2.71. The minimum absolute atomic E-state index is 0.194. The molecule has 0 N–H and O–H groups in total. The summed E-state index contributed by atoms with van der Waals surface area (Å²) < 4.78 is 48.4. The van der Waals surface area contributed by atoms with Crippen LogP contribution >= 0.6 is 0 Å². The van der Waals surface area contributed by atoms with Crippen LogP contribution in [0, 0.1) is 0 Å². The van der Waals surface area contributed by atoms with Gasteiger partial charge in [-0.05, 0) is 31.2 Å². The lowest BCUT2D eigenvalue weighted by molar-refractivity contribution is -0.0414. The number of anilines is 1. The number of hydrogen-bond acceptors (Lipinski definition) is 4. The SMILES string of the molecule is CC1COCCN1c1cnc2ccc(O[S+](C)C(F)(F)F)cc2c1. The first-order valence-electron chi connectivity index (χ1n) is 7.50. The van der Waals surface area contributed by atoms with Crippen molar-refractivity contribution < 1.29 is 22.1 Å². The minimum atomic E-state index is -4.36. The molecule has 3 rings (SSSR count). The van der Waals surface area contributed by atoms with Gasteiger partial charge in [-0.3, -0.25) is 9.17 Å². The third-order valence-electron chi connectivity index (χ3n) is 3.88. The van der Waals surface area contributed by atoms with Crippen LogP contribution in [0.5, 0.6) is 5.75 Å². The Morgan fingerprint density at radius 3 is 2.83 bits per heavy atom. The Kier molecular flexibility index (Phi) is 4.78. The van der Waals surface area contributed by atoms with Crippen molar-refractivity contribution in [3.8, 4) is 5.75 Å². The lowest BCUT2D eigenvalue weighted by Gasteiger charge is -2.35. The molecular weight excluding hydrogens is 341 g/mol. The van der Waals surface area contributed by atoms with E-state index in [-0.39, 0.29) is 11.8 Å². The molecule has 1 aliphatic heterocycles. The van der Waals surface area contributed by atoms with Crippen molar-refractivity contribution in [1.29, 1.82) is 0 Å². The fraction of sp³-hybridized carbons (Fsp3) is 0.438. The number of morpholine rings is 1. The fourth-order valence-corrected chi connectivity index (χ4v) is 3.10. The van der Waals surface area contributed by atoms with Crippen molar-refractivity contribution in [3.63, 3.8) is 0 Å². The Balaban J connectivity index is 1.88. The third-order valence-corrected chi connectivity index (χ3v) is 4.98. The van der Waals surface area contributed by atoms with Gasteiger partial charge in [-0.15, -0.1) is 13.2 Å². The van der Waals surface area contributed by atoms with Gasteiger partial charge in [0, 0.05) is 18.0 Å². The number of nitrogens with zero attached hydrogens (tertiary/aromatic N) is 2. The minimum Gasteiger partial charge on any atom is -0.377 e. The smallest absolute Gasteiger partial charge is 0.377 e. The van der Waals surface area contributed by atoms with Gasteiger partial charge in [0.2, 0.25) is 0 Å². The average Bonchev–Trinajstić information content (AvgIpc) is 2.54. The molecule has 2 heterocycles. The molecule has 2 aromatic rings. The van der Waals surface area contributed by atoms with Gasteiger partial charge >= 0.3 is 16.7 Å². The van der Waals surface area contributed by atoms with Gasteiger partial charge in [-0.1, -0.05) is 0 Å². The van der Waals surface area contributed by atoms with E-state index in [1.165, 1.54) is 6.07 Å². The molecule has 0 bridgehead atoms. The standard InChI is InChI=1S/C16H18F3N2O2S/c1-11-10-22-6-5-21(11)13-7-12-8-14(3-4-15(12)20-9-13)23-24(2)16(17,18)19/h3-4,7-9,11H,5-6,10H2,1-2H3/q+1. The molecule has 1 saturated heterocycles. The number of ether oxygens (including phenoxy) is 1. The second-order valence-electron chi connectivity index (χ2n) is 5.65. The van der Waals surface area contributed by atoms with Crippen LogP contribution in [0.1, 0.15) is 6.92 Å². The Bertz CT molecular complexity index is 726. The summed E-state index contributed by atoms with van der Waals surface area (Å²) in [6, 6.07) is 6.95. The normalized spacial score (nSPS) is 20.2. The summed E-state index contributed by atoms with van der Waals surface area (Å²) in [4.78, 5) is 6.59. The van der Waals surface area contributed by atoms with Crippen LogP contribution in [0.25, 0.3) is 10.9 Å². The van der Waals surface area contributed by atoms with E-state index < -0.39 is 16.7 Å². The number of pyridine rings is 1. The molecule has 0 saturated carbocycles. The highest BCUT2D eigenvalue weighted by Crippen LogP contribution is 2.30. The molecule has 1 fully saturated rings. The molecule has 0 amide bonds. The van der Waals surface area contributed by atoms with Gasteiger partial charge < -0.3 is 9.64 Å². The Morgan fingerprint density at radius 2 is 2.12 bits per heavy atom. The zero-order chi connectivity index (χ0) is 17.3. The number of halogens is 3. The predicted octanol–water partition coefficient (Wildman–Crippen LogP) is 3.52. The maximum absolute atomic E-state index is 12.7. The van der Waals surface area contributed by atoms with Crippen LogP contribution in [0.3, 0.4) is 0 Å². The van der Waals surface area contributed by atoms with Gasteiger partial charge in [0.1, 0.15) is 0 Å². The van der Waals surface area contributed by atoms with Crippen molar-refractivity contribution >= 4 is 27.8 Å². The average molecular weight is 359 g/mol. The van der Waals surface area contributed by atoms with E-state index in [2.05, 4.69) is 16.8 Å². The quantitative estimate of drug-likeness (QED) is 0.786. The second-order valence-corrected chi connectivity index (χ2v) is 7.19. The van der Waals surface area contributed by atoms with E-state index in [0.717, 1.165) is 29.4 Å². The maximum Gasteiger partial charge on any atom is 0.617 e. The summed E-state index contributed by atoms with van der Waals surface area (Å²) in [6.07, 6.45) is 2.80. The van der Waals surface area contributed by atoms with Crippen LogP contribution in [-0.4, -0.2) is 42.5 Å². The van der Waals surface area contributed by atoms with Crippen molar-refractivity contribution in [3.05, 3.63) is 30.5 Å². The van der Waals surface area contributed by atoms with E-state index >= 15 is 0 Å². The Hall–Kier alpha value is -1.67. The summed E-state index contributed by atoms with van der Waals surface area (Å²) in [5.74, 6) is 0.194. The molecule has 1 aliphatic rings. The first-order valence-corrected chi connectivity index (χ1v) is 9.06. The molecule has 0 spiro atoms. The lowest BCUT2D eigenvalue weighted by Crippen LogP contribution is -2.43. The van der Waals surface area contributed by atoms with Gasteiger partial charge in [0.05, 0.1) is 30.6 Å². The number of aromatic nitrogens is 1. The maximum atomic E-state index is 12.7. The molecular formula is C16H18F3N2O2S+. The highest BCUT2D eigenvalue weighted by Gasteiger charge is 2.52. The highest BCUT2D eigenvalue weighted by molar-refractivity contribution is 7.92. The zero-order valence-corrected chi connectivity index (χ0v) is 14.2. The molecule has 4 nitrogen and oxygen atoms in total. The molecule has 2 unspecified atom stereocenters. The fourth-order valence-electron chi connectivity index (χ4n) is 2.61. The molecule has 2 atom stereocenters. The summed E-state index contributed by atoms with van der Waals surface area (Å²) in [5, 5.41) is 0.753. The van der Waals surface area contributed by atoms with Gasteiger partial charge in [-0.2, -0.15) is 0 Å². The molecule has 130 valence electrons. The summed E-state index contributed by atoms with van der Waals surface area (Å²) >= 11 is -2.14. The number of rotatable bonds is 3. The summed E-state index contributed by atoms with van der Waals surface area (Å²) in [6.45, 7) is 4.12. The Morgan fingerprint density at radius 1 is 1.33 bits per heavy atom. The monoisotopic (exact) mass is 359 g/mol. The lowest BCUT2D eigenvalue weighted by atomic mass is 10.1. The van der Waals surface area contributed by atoms with E-state index in [0.29, 0.717) is 13.2 Å². The van der Waals surface area contributed by atoms with E-state index in [1.54, 1.807) is 18.3 Å². The van der Waals surface area contributed by atoms with Crippen LogP contribution < -0.4 is 9.08 Å². The number of fused-ring (bicyclic) bond motifs is 1. The van der Waals surface area contributed by atoms with E-state index in [9.17, 15) is 13.2 Å². The number of alkyl halides is 3. The largest absolute Gasteiger partial charge is 0.617 e. The first kappa shape index (κ1) is 17.2. The molecule has 1 aromatic heterocycles. The van der Waals surface area contributed by atoms with Crippen molar-refractivity contribution in [2.75, 3.05) is 30.9 Å². The van der Waals surface area contributed by atoms with Gasteiger partial charge in [-0.25, -0.2) is 0 Å². The van der Waals surface area contributed by atoms with Gasteiger partial charge in [0.15, 0.2) is 12.0 Å². The van der Waals surface area contributed by atoms with Crippen molar-refractivity contribution in [2.24, 2.45) is 0 Å². The molecule has 0 aliphatic carbocycles. The Labute approximate surface area is 141 Å². The number of benzene rings is 1. The van der Waals surface area contributed by atoms with Crippen molar-refractivity contribution in [2.45, 2.75) is 18.5 Å². The van der Waals surface area contributed by atoms with Gasteiger partial charge in [0.25, 0.3) is 0 Å². The van der Waals surface area contributed by atoms with Crippen LogP contribution in [0.2, 0.25) is 0 Å². The molecule has 24 heavy (non-hydrogen) atoms. The molecule has 1 aromatic carbocycles. The summed E-state index contributed by atoms with van der Waals surface area (Å²) in [7, 11) is 0. The molecule has 8 heteroatoms. The third kappa shape index (κ3) is 3.70. The predicted molar refractivity (Wildman–Crippen MR) is 89.3 cm³/mol. The topological polar surface area (TPSA) is 34.6 Å². The second kappa shape index (κ2) is 6.68. The van der Waals surface area contributed by atoms with Crippen LogP contribution in [0.4, 0.5) is 18.9 Å². The van der Waals surface area contributed by atoms with Crippen LogP contribution in [0.15, 0.2) is 30.5 Å². The van der Waals surface area contributed by atoms with Crippen molar-refractivity contribution in [1.82, 2.24) is 4.98 Å². The molecule has 0 radical (unpaired) electrons. The number of hydrogen-bond donors (Lipinski definition) is 0. The van der Waals surface area contributed by atoms with Crippen LogP contribution in [-0.2, 0) is 15.9 Å². The zero-order valence-electron chi connectivity index (χ0n) is 13.3. The first-order chi connectivity index (χ1) is 11.3. The highest BCUT2D eigenvalue weighted by atomic mass is 32.2. The van der Waals surface area contributed by atoms with E-state index in [4.69, 9.17) is 8.92 Å².